The average molecular weight is 255 g/mol. The summed E-state index contributed by atoms with van der Waals surface area (Å²) in [5, 5.41) is 16.5. The van der Waals surface area contributed by atoms with Gasteiger partial charge >= 0.3 is 6.09 Å². The predicted molar refractivity (Wildman–Crippen MR) is 63.6 cm³/mol. The molecule has 0 radical (unpaired) electrons. The van der Waals surface area contributed by atoms with E-state index in [-0.39, 0.29) is 5.15 Å². The van der Waals surface area contributed by atoms with Crippen LogP contribution in [0.5, 0.6) is 0 Å². The van der Waals surface area contributed by atoms with Gasteiger partial charge in [-0.1, -0.05) is 17.7 Å². The van der Waals surface area contributed by atoms with Gasteiger partial charge in [0.05, 0.1) is 0 Å². The highest BCUT2D eigenvalue weighted by Gasteiger charge is 2.18. The van der Waals surface area contributed by atoms with Gasteiger partial charge in [0.15, 0.2) is 11.0 Å². The third kappa shape index (κ3) is 2.47. The maximum Gasteiger partial charge on any atom is 0.407 e. The third-order valence-corrected chi connectivity index (χ3v) is 2.80. The first-order valence-corrected chi connectivity index (χ1v) is 5.41. The van der Waals surface area contributed by atoms with Crippen LogP contribution in [0.4, 0.5) is 10.6 Å². The quantitative estimate of drug-likeness (QED) is 0.792. The van der Waals surface area contributed by atoms with Crippen LogP contribution in [-0.4, -0.2) is 39.4 Å². The van der Waals surface area contributed by atoms with Crippen LogP contribution in [0.3, 0.4) is 0 Å². The SMILES string of the molecule is Nc1nnc(Cl)cc1C1=CCN(C(=O)O)CC1. The number of halogens is 1. The van der Waals surface area contributed by atoms with Crippen molar-refractivity contribution in [3.63, 3.8) is 0 Å². The van der Waals surface area contributed by atoms with Crippen molar-refractivity contribution >= 4 is 29.1 Å². The van der Waals surface area contributed by atoms with Crippen molar-refractivity contribution in [3.8, 4) is 0 Å². The summed E-state index contributed by atoms with van der Waals surface area (Å²) in [5.41, 5.74) is 7.40. The van der Waals surface area contributed by atoms with Crippen LogP contribution in [0.1, 0.15) is 12.0 Å². The monoisotopic (exact) mass is 254 g/mol. The van der Waals surface area contributed by atoms with Gasteiger partial charge in [0.2, 0.25) is 0 Å². The van der Waals surface area contributed by atoms with Crippen molar-refractivity contribution in [1.29, 1.82) is 0 Å². The van der Waals surface area contributed by atoms with Crippen molar-refractivity contribution in [3.05, 3.63) is 22.9 Å². The summed E-state index contributed by atoms with van der Waals surface area (Å²) in [4.78, 5) is 12.1. The van der Waals surface area contributed by atoms with E-state index < -0.39 is 6.09 Å². The largest absolute Gasteiger partial charge is 0.465 e. The molecular formula is C10H11ClN4O2. The Morgan fingerprint density at radius 2 is 2.29 bits per heavy atom. The maximum absolute atomic E-state index is 10.7. The second-order valence-corrected chi connectivity index (χ2v) is 4.06. The summed E-state index contributed by atoms with van der Waals surface area (Å²) < 4.78 is 0. The van der Waals surface area contributed by atoms with Crippen LogP contribution in [0.25, 0.3) is 5.57 Å². The summed E-state index contributed by atoms with van der Waals surface area (Å²) in [5.74, 6) is 0.310. The van der Waals surface area contributed by atoms with E-state index in [0.29, 0.717) is 25.3 Å². The van der Waals surface area contributed by atoms with E-state index in [1.54, 1.807) is 6.07 Å². The van der Waals surface area contributed by atoms with Crippen molar-refractivity contribution in [2.24, 2.45) is 0 Å². The van der Waals surface area contributed by atoms with E-state index in [9.17, 15) is 4.79 Å². The highest BCUT2D eigenvalue weighted by atomic mass is 35.5. The van der Waals surface area contributed by atoms with Crippen LogP contribution in [0, 0.1) is 0 Å². The molecule has 1 amide bonds. The fourth-order valence-electron chi connectivity index (χ4n) is 1.72. The number of amides is 1. The first kappa shape index (κ1) is 11.7. The van der Waals surface area contributed by atoms with E-state index in [0.717, 1.165) is 11.1 Å². The van der Waals surface area contributed by atoms with Crippen LogP contribution >= 0.6 is 11.6 Å². The van der Waals surface area contributed by atoms with E-state index in [2.05, 4.69) is 10.2 Å². The number of nitrogens with zero attached hydrogens (tertiary/aromatic N) is 3. The van der Waals surface area contributed by atoms with Gasteiger partial charge in [-0.25, -0.2) is 4.79 Å². The molecule has 0 saturated carbocycles. The molecule has 1 aromatic heterocycles. The number of carboxylic acid groups (broad SMARTS) is 1. The van der Waals surface area contributed by atoms with Gasteiger partial charge in [-0.2, -0.15) is 0 Å². The second-order valence-electron chi connectivity index (χ2n) is 3.67. The zero-order chi connectivity index (χ0) is 12.4. The zero-order valence-corrected chi connectivity index (χ0v) is 9.68. The molecule has 0 atom stereocenters. The van der Waals surface area contributed by atoms with Crippen molar-refractivity contribution in [2.75, 3.05) is 18.8 Å². The summed E-state index contributed by atoms with van der Waals surface area (Å²) in [6.07, 6.45) is 1.50. The van der Waals surface area contributed by atoms with Gasteiger partial charge in [-0.05, 0) is 18.1 Å². The number of rotatable bonds is 1. The van der Waals surface area contributed by atoms with Crippen LogP contribution in [0.15, 0.2) is 12.1 Å². The number of nitrogen functional groups attached to an aromatic ring is 1. The Balaban J connectivity index is 2.24. The average Bonchev–Trinajstić information content (AvgIpc) is 2.32. The molecule has 1 aliphatic rings. The van der Waals surface area contributed by atoms with Crippen molar-refractivity contribution in [2.45, 2.75) is 6.42 Å². The Kier molecular flexibility index (Phi) is 3.14. The van der Waals surface area contributed by atoms with Gasteiger partial charge in [-0.3, -0.25) is 0 Å². The molecule has 0 aromatic carbocycles. The first-order chi connectivity index (χ1) is 8.08. The zero-order valence-electron chi connectivity index (χ0n) is 8.93. The molecule has 2 rings (SSSR count). The van der Waals surface area contributed by atoms with Gasteiger partial charge in [-0.15, -0.1) is 10.2 Å². The fourth-order valence-corrected chi connectivity index (χ4v) is 1.87. The lowest BCUT2D eigenvalue weighted by Crippen LogP contribution is -2.33. The van der Waals surface area contributed by atoms with Gasteiger partial charge in [0, 0.05) is 18.7 Å². The normalized spacial score (nSPS) is 15.6. The Morgan fingerprint density at radius 1 is 1.53 bits per heavy atom. The number of nitrogens with two attached hydrogens (primary N) is 1. The van der Waals surface area contributed by atoms with Gasteiger partial charge < -0.3 is 15.7 Å². The molecule has 0 unspecified atom stereocenters. The Bertz CT molecular complexity index is 489. The van der Waals surface area contributed by atoms with Crippen molar-refractivity contribution < 1.29 is 9.90 Å². The summed E-state index contributed by atoms with van der Waals surface area (Å²) in [6, 6.07) is 1.64. The second kappa shape index (κ2) is 4.58. The number of anilines is 1. The molecule has 0 bridgehead atoms. The Labute approximate surface area is 103 Å². The number of carbonyl (C=O) groups is 1. The molecule has 0 aliphatic carbocycles. The molecule has 17 heavy (non-hydrogen) atoms. The standard InChI is InChI=1S/C10H11ClN4O2/c11-8-5-7(9(12)14-13-8)6-1-3-15(4-2-6)10(16)17/h1,5H,2-4H2,(H2,12,14)(H,16,17). The molecular weight excluding hydrogens is 244 g/mol. The lowest BCUT2D eigenvalue weighted by Gasteiger charge is -2.24. The number of hydrogen-bond acceptors (Lipinski definition) is 4. The minimum Gasteiger partial charge on any atom is -0.465 e. The molecule has 0 fully saturated rings. The fraction of sp³-hybridized carbons (Fsp3) is 0.300. The molecule has 3 N–H and O–H groups in total. The molecule has 7 heteroatoms. The molecule has 1 aliphatic heterocycles. The minimum atomic E-state index is -0.917. The lowest BCUT2D eigenvalue weighted by molar-refractivity contribution is 0.150. The predicted octanol–water partition coefficient (Wildman–Crippen LogP) is 1.48. The molecule has 0 spiro atoms. The topological polar surface area (TPSA) is 92.3 Å². The maximum atomic E-state index is 10.7. The molecule has 1 aromatic rings. The van der Waals surface area contributed by atoms with E-state index in [4.69, 9.17) is 22.4 Å². The summed E-state index contributed by atoms with van der Waals surface area (Å²) >= 11 is 5.75. The number of aromatic nitrogens is 2. The molecule has 90 valence electrons. The minimum absolute atomic E-state index is 0.274. The van der Waals surface area contributed by atoms with Gasteiger partial charge in [0.25, 0.3) is 0 Å². The third-order valence-electron chi connectivity index (χ3n) is 2.62. The van der Waals surface area contributed by atoms with Gasteiger partial charge in [0.1, 0.15) is 0 Å². The molecule has 0 saturated heterocycles. The number of hydrogen-bond donors (Lipinski definition) is 2. The smallest absolute Gasteiger partial charge is 0.407 e. The highest BCUT2D eigenvalue weighted by molar-refractivity contribution is 6.29. The Hall–Kier alpha value is -1.82. The molecule has 6 nitrogen and oxygen atoms in total. The van der Waals surface area contributed by atoms with E-state index >= 15 is 0 Å². The Morgan fingerprint density at radius 3 is 2.88 bits per heavy atom. The van der Waals surface area contributed by atoms with Crippen molar-refractivity contribution in [1.82, 2.24) is 15.1 Å². The summed E-state index contributed by atoms with van der Waals surface area (Å²) in [7, 11) is 0. The lowest BCUT2D eigenvalue weighted by atomic mass is 10.0. The van der Waals surface area contributed by atoms with Crippen LogP contribution in [0.2, 0.25) is 5.15 Å². The van der Waals surface area contributed by atoms with Crippen LogP contribution < -0.4 is 5.73 Å². The van der Waals surface area contributed by atoms with E-state index in [1.807, 2.05) is 6.08 Å². The highest BCUT2D eigenvalue weighted by Crippen LogP contribution is 2.26. The van der Waals surface area contributed by atoms with Crippen LogP contribution in [-0.2, 0) is 0 Å². The molecule has 2 heterocycles. The summed E-state index contributed by atoms with van der Waals surface area (Å²) in [6.45, 7) is 0.796. The van der Waals surface area contributed by atoms with E-state index in [1.165, 1.54) is 4.90 Å². The first-order valence-electron chi connectivity index (χ1n) is 5.04.